The summed E-state index contributed by atoms with van der Waals surface area (Å²) in [6, 6.07) is 14.6. The van der Waals surface area contributed by atoms with E-state index in [0.717, 1.165) is 34.7 Å². The molecule has 0 saturated carbocycles. The van der Waals surface area contributed by atoms with Crippen molar-refractivity contribution in [2.24, 2.45) is 0 Å². The smallest absolute Gasteiger partial charge is 0.175 e. The second-order valence-electron chi connectivity index (χ2n) is 6.42. The molecule has 2 N–H and O–H groups in total. The van der Waals surface area contributed by atoms with Gasteiger partial charge in [0.05, 0.1) is 23.6 Å². The summed E-state index contributed by atoms with van der Waals surface area (Å²) < 4.78 is 15.0. The van der Waals surface area contributed by atoms with Gasteiger partial charge >= 0.3 is 0 Å². The van der Waals surface area contributed by atoms with Gasteiger partial charge in [-0.05, 0) is 61.8 Å². The van der Waals surface area contributed by atoms with E-state index in [-0.39, 0.29) is 5.82 Å². The fraction of sp³-hybridized carbons (Fsp3) is 0.238. The quantitative estimate of drug-likeness (QED) is 0.606. The molecule has 1 aromatic heterocycles. The minimum absolute atomic E-state index is 0.238. The summed E-state index contributed by atoms with van der Waals surface area (Å²) >= 11 is 5.50. The number of thiocarbonyl (C=S) groups is 1. The molecule has 0 atom stereocenters. The van der Waals surface area contributed by atoms with Crippen LogP contribution in [0.3, 0.4) is 0 Å². The van der Waals surface area contributed by atoms with Gasteiger partial charge in [0.15, 0.2) is 5.11 Å². The molecule has 0 unspecified atom stereocenters. The first-order valence-corrected chi connectivity index (χ1v) is 9.33. The number of aryl methyl sites for hydroxylation is 2. The van der Waals surface area contributed by atoms with Crippen LogP contribution in [0.1, 0.15) is 29.4 Å². The second kappa shape index (κ2) is 8.31. The molecule has 0 bridgehead atoms. The van der Waals surface area contributed by atoms with Crippen molar-refractivity contribution in [2.45, 2.75) is 33.7 Å². The van der Waals surface area contributed by atoms with E-state index in [1.807, 2.05) is 36.7 Å². The van der Waals surface area contributed by atoms with Crippen molar-refractivity contribution in [2.75, 3.05) is 10.6 Å². The standard InChI is InChI=1S/C21H23FN4S/c1-4-17-7-5-6-8-19(17)23-21(27)24-20-14(2)25-26(15(20)3)13-16-9-11-18(22)12-10-16/h5-12H,4,13H2,1-3H3,(H2,23,24,27). The van der Waals surface area contributed by atoms with E-state index in [1.165, 1.54) is 17.7 Å². The Labute approximate surface area is 164 Å². The molecule has 0 aliphatic rings. The Hall–Kier alpha value is -2.73. The summed E-state index contributed by atoms with van der Waals surface area (Å²) in [6.07, 6.45) is 0.930. The third kappa shape index (κ3) is 4.52. The van der Waals surface area contributed by atoms with Crippen molar-refractivity contribution in [3.8, 4) is 0 Å². The van der Waals surface area contributed by atoms with Crippen LogP contribution in [0.15, 0.2) is 48.5 Å². The minimum Gasteiger partial charge on any atom is -0.332 e. The number of rotatable bonds is 5. The van der Waals surface area contributed by atoms with Crippen LogP contribution in [-0.2, 0) is 13.0 Å². The van der Waals surface area contributed by atoms with Crippen LogP contribution < -0.4 is 10.6 Å². The molecule has 0 spiro atoms. The summed E-state index contributed by atoms with van der Waals surface area (Å²) in [7, 11) is 0. The molecule has 0 amide bonds. The summed E-state index contributed by atoms with van der Waals surface area (Å²) in [5.74, 6) is -0.238. The summed E-state index contributed by atoms with van der Waals surface area (Å²) in [5, 5.41) is 11.7. The molecule has 0 aliphatic carbocycles. The van der Waals surface area contributed by atoms with Gasteiger partial charge in [0, 0.05) is 5.69 Å². The van der Waals surface area contributed by atoms with Gasteiger partial charge in [-0.2, -0.15) is 5.10 Å². The fourth-order valence-electron chi connectivity index (χ4n) is 3.01. The van der Waals surface area contributed by atoms with Crippen LogP contribution in [-0.4, -0.2) is 14.9 Å². The molecular weight excluding hydrogens is 359 g/mol. The average molecular weight is 383 g/mol. The van der Waals surface area contributed by atoms with Gasteiger partial charge in [0.1, 0.15) is 5.82 Å². The Balaban J connectivity index is 1.74. The molecule has 140 valence electrons. The molecule has 0 aliphatic heterocycles. The van der Waals surface area contributed by atoms with E-state index < -0.39 is 0 Å². The monoisotopic (exact) mass is 382 g/mol. The molecule has 2 aromatic carbocycles. The zero-order chi connectivity index (χ0) is 19.4. The average Bonchev–Trinajstić information content (AvgIpc) is 2.91. The van der Waals surface area contributed by atoms with Gasteiger partial charge in [-0.1, -0.05) is 37.3 Å². The van der Waals surface area contributed by atoms with Crippen molar-refractivity contribution in [3.63, 3.8) is 0 Å². The fourth-order valence-corrected chi connectivity index (χ4v) is 3.22. The molecule has 0 saturated heterocycles. The van der Waals surface area contributed by atoms with Crippen molar-refractivity contribution in [3.05, 3.63) is 76.9 Å². The van der Waals surface area contributed by atoms with Crippen molar-refractivity contribution in [1.82, 2.24) is 9.78 Å². The first-order chi connectivity index (χ1) is 13.0. The number of aromatic nitrogens is 2. The molecule has 27 heavy (non-hydrogen) atoms. The maximum atomic E-state index is 13.1. The Bertz CT molecular complexity index is 947. The highest BCUT2D eigenvalue weighted by atomic mass is 32.1. The summed E-state index contributed by atoms with van der Waals surface area (Å²) in [4.78, 5) is 0. The first kappa shape index (κ1) is 19.0. The Morgan fingerprint density at radius 1 is 1.07 bits per heavy atom. The number of hydrogen-bond acceptors (Lipinski definition) is 2. The largest absolute Gasteiger partial charge is 0.332 e. The lowest BCUT2D eigenvalue weighted by molar-refractivity contribution is 0.622. The SMILES string of the molecule is CCc1ccccc1NC(=S)Nc1c(C)nn(Cc2ccc(F)cc2)c1C. The van der Waals surface area contributed by atoms with E-state index in [0.29, 0.717) is 11.7 Å². The van der Waals surface area contributed by atoms with Gasteiger partial charge in [-0.3, -0.25) is 4.68 Å². The Morgan fingerprint density at radius 2 is 1.78 bits per heavy atom. The van der Waals surface area contributed by atoms with Crippen LogP contribution in [0.5, 0.6) is 0 Å². The van der Waals surface area contributed by atoms with Gasteiger partial charge in [-0.25, -0.2) is 4.39 Å². The lowest BCUT2D eigenvalue weighted by atomic mass is 10.1. The van der Waals surface area contributed by atoms with Crippen molar-refractivity contribution in [1.29, 1.82) is 0 Å². The van der Waals surface area contributed by atoms with Gasteiger partial charge < -0.3 is 10.6 Å². The van der Waals surface area contributed by atoms with E-state index >= 15 is 0 Å². The molecule has 3 aromatic rings. The van der Waals surface area contributed by atoms with Gasteiger partial charge in [0.2, 0.25) is 0 Å². The molecule has 3 rings (SSSR count). The maximum Gasteiger partial charge on any atom is 0.175 e. The van der Waals surface area contributed by atoms with E-state index in [1.54, 1.807) is 12.1 Å². The number of anilines is 2. The van der Waals surface area contributed by atoms with Crippen molar-refractivity contribution >= 4 is 28.7 Å². The molecule has 0 fully saturated rings. The highest BCUT2D eigenvalue weighted by Gasteiger charge is 2.13. The summed E-state index contributed by atoms with van der Waals surface area (Å²) in [5.41, 5.74) is 5.94. The van der Waals surface area contributed by atoms with Crippen LogP contribution >= 0.6 is 12.2 Å². The predicted octanol–water partition coefficient (Wildman–Crippen LogP) is 5.06. The zero-order valence-corrected chi connectivity index (χ0v) is 16.5. The number of nitrogens with one attached hydrogen (secondary N) is 2. The number of benzene rings is 2. The molecule has 6 heteroatoms. The first-order valence-electron chi connectivity index (χ1n) is 8.92. The normalized spacial score (nSPS) is 10.7. The maximum absolute atomic E-state index is 13.1. The van der Waals surface area contributed by atoms with Crippen LogP contribution in [0.4, 0.5) is 15.8 Å². The van der Waals surface area contributed by atoms with Gasteiger partial charge in [0.25, 0.3) is 0 Å². The third-order valence-corrected chi connectivity index (χ3v) is 4.72. The number of halogens is 1. The number of hydrogen-bond donors (Lipinski definition) is 2. The van der Waals surface area contributed by atoms with Crippen LogP contribution in [0.25, 0.3) is 0 Å². The molecular formula is C21H23FN4S. The lowest BCUT2D eigenvalue weighted by Crippen LogP contribution is -2.20. The lowest BCUT2D eigenvalue weighted by Gasteiger charge is -2.14. The Morgan fingerprint density at radius 3 is 2.48 bits per heavy atom. The second-order valence-corrected chi connectivity index (χ2v) is 6.83. The van der Waals surface area contributed by atoms with E-state index in [9.17, 15) is 4.39 Å². The zero-order valence-electron chi connectivity index (χ0n) is 15.7. The number of nitrogens with zero attached hydrogens (tertiary/aromatic N) is 2. The third-order valence-electron chi connectivity index (χ3n) is 4.51. The van der Waals surface area contributed by atoms with Crippen LogP contribution in [0.2, 0.25) is 0 Å². The number of para-hydroxylation sites is 1. The van der Waals surface area contributed by atoms with E-state index in [4.69, 9.17) is 12.2 Å². The predicted molar refractivity (Wildman–Crippen MR) is 113 cm³/mol. The van der Waals surface area contributed by atoms with Crippen molar-refractivity contribution < 1.29 is 4.39 Å². The Kier molecular flexibility index (Phi) is 5.86. The minimum atomic E-state index is -0.238. The van der Waals surface area contributed by atoms with Gasteiger partial charge in [-0.15, -0.1) is 0 Å². The highest BCUT2D eigenvalue weighted by molar-refractivity contribution is 7.80. The molecule has 4 nitrogen and oxygen atoms in total. The molecule has 0 radical (unpaired) electrons. The molecule has 1 heterocycles. The topological polar surface area (TPSA) is 41.9 Å². The highest BCUT2D eigenvalue weighted by Crippen LogP contribution is 2.22. The van der Waals surface area contributed by atoms with Crippen LogP contribution in [0, 0.1) is 19.7 Å². The summed E-state index contributed by atoms with van der Waals surface area (Å²) in [6.45, 7) is 6.63. The van der Waals surface area contributed by atoms with E-state index in [2.05, 4.69) is 28.7 Å².